The Morgan fingerprint density at radius 2 is 2.06 bits per heavy atom. The van der Waals surface area contributed by atoms with Crippen molar-refractivity contribution < 1.29 is 14.6 Å². The van der Waals surface area contributed by atoms with E-state index in [0.29, 0.717) is 13.0 Å². The van der Waals surface area contributed by atoms with Crippen molar-refractivity contribution in [2.75, 3.05) is 11.4 Å². The summed E-state index contributed by atoms with van der Waals surface area (Å²) in [6, 6.07) is 7.48. The highest BCUT2D eigenvalue weighted by molar-refractivity contribution is 5.99. The third-order valence-electron chi connectivity index (χ3n) is 3.02. The van der Waals surface area contributed by atoms with Crippen LogP contribution in [0.2, 0.25) is 0 Å². The van der Waals surface area contributed by atoms with Crippen LogP contribution in [0.4, 0.5) is 5.69 Å². The van der Waals surface area contributed by atoms with E-state index in [-0.39, 0.29) is 5.91 Å². The predicted octanol–water partition coefficient (Wildman–Crippen LogP) is 1.96. The fourth-order valence-electron chi connectivity index (χ4n) is 1.97. The summed E-state index contributed by atoms with van der Waals surface area (Å²) in [6.07, 6.45) is 0.0569. The van der Waals surface area contributed by atoms with Crippen LogP contribution >= 0.6 is 0 Å². The van der Waals surface area contributed by atoms with Gasteiger partial charge in [0, 0.05) is 6.54 Å². The third-order valence-corrected chi connectivity index (χ3v) is 3.02. The molecule has 1 aromatic rings. The molecule has 1 unspecified atom stereocenters. The number of carbonyl (C=O) groups excluding carboxylic acids is 1. The van der Waals surface area contributed by atoms with Crippen LogP contribution in [-0.4, -0.2) is 29.3 Å². The van der Waals surface area contributed by atoms with Crippen molar-refractivity contribution in [1.29, 1.82) is 0 Å². The molecule has 2 rings (SSSR count). The Hall–Kier alpha value is -1.55. The smallest absolute Gasteiger partial charge is 0.267 e. The maximum atomic E-state index is 12.1. The summed E-state index contributed by atoms with van der Waals surface area (Å²) >= 11 is 0. The summed E-state index contributed by atoms with van der Waals surface area (Å²) < 4.78 is 5.55. The first-order valence-electron chi connectivity index (χ1n) is 6.18. The SMILES string of the molecule is CC1Oc2ccccc2N(CCC(C)(C)O)C1=O. The van der Waals surface area contributed by atoms with Crippen molar-refractivity contribution in [2.45, 2.75) is 38.9 Å². The molecule has 1 aliphatic heterocycles. The van der Waals surface area contributed by atoms with E-state index in [1.165, 1.54) is 0 Å². The number of carbonyl (C=O) groups is 1. The van der Waals surface area contributed by atoms with E-state index in [2.05, 4.69) is 0 Å². The highest BCUT2D eigenvalue weighted by Gasteiger charge is 2.31. The number of benzene rings is 1. The average Bonchev–Trinajstić information content (AvgIpc) is 2.28. The lowest BCUT2D eigenvalue weighted by molar-refractivity contribution is -0.125. The lowest BCUT2D eigenvalue weighted by Crippen LogP contribution is -2.46. The summed E-state index contributed by atoms with van der Waals surface area (Å²) in [4.78, 5) is 13.8. The van der Waals surface area contributed by atoms with Gasteiger partial charge >= 0.3 is 0 Å². The zero-order valence-corrected chi connectivity index (χ0v) is 11.0. The zero-order valence-electron chi connectivity index (χ0n) is 11.0. The van der Waals surface area contributed by atoms with Gasteiger partial charge in [-0.25, -0.2) is 0 Å². The number of fused-ring (bicyclic) bond motifs is 1. The van der Waals surface area contributed by atoms with Gasteiger partial charge in [-0.1, -0.05) is 12.1 Å². The minimum absolute atomic E-state index is 0.0575. The molecule has 1 aromatic carbocycles. The fourth-order valence-corrected chi connectivity index (χ4v) is 1.97. The van der Waals surface area contributed by atoms with Gasteiger partial charge in [0.2, 0.25) is 0 Å². The van der Waals surface area contributed by atoms with Crippen LogP contribution in [-0.2, 0) is 4.79 Å². The number of amides is 1. The Bertz CT molecular complexity index is 451. The third kappa shape index (κ3) is 2.64. The van der Waals surface area contributed by atoms with E-state index in [9.17, 15) is 9.90 Å². The van der Waals surface area contributed by atoms with Crippen LogP contribution in [0.3, 0.4) is 0 Å². The van der Waals surface area contributed by atoms with Crippen molar-refractivity contribution >= 4 is 11.6 Å². The van der Waals surface area contributed by atoms with Gasteiger partial charge in [-0.2, -0.15) is 0 Å². The quantitative estimate of drug-likeness (QED) is 0.891. The second-order valence-corrected chi connectivity index (χ2v) is 5.28. The topological polar surface area (TPSA) is 49.8 Å². The van der Waals surface area contributed by atoms with Crippen LogP contribution < -0.4 is 9.64 Å². The Morgan fingerprint density at radius 3 is 2.72 bits per heavy atom. The predicted molar refractivity (Wildman–Crippen MR) is 69.8 cm³/mol. The second kappa shape index (κ2) is 4.61. The number of hydrogen-bond acceptors (Lipinski definition) is 3. The zero-order chi connectivity index (χ0) is 13.3. The van der Waals surface area contributed by atoms with Crippen LogP contribution in [0.25, 0.3) is 0 Å². The first-order valence-corrected chi connectivity index (χ1v) is 6.18. The van der Waals surface area contributed by atoms with Crippen molar-refractivity contribution in [3.8, 4) is 5.75 Å². The summed E-state index contributed by atoms with van der Waals surface area (Å²) in [6.45, 7) is 5.73. The normalized spacial score (nSPS) is 19.4. The molecule has 98 valence electrons. The molecular formula is C14H19NO3. The van der Waals surface area contributed by atoms with Crippen molar-refractivity contribution in [1.82, 2.24) is 0 Å². The monoisotopic (exact) mass is 249 g/mol. The number of rotatable bonds is 3. The molecule has 1 heterocycles. The van der Waals surface area contributed by atoms with Gasteiger partial charge in [0.25, 0.3) is 5.91 Å². The molecule has 4 heteroatoms. The van der Waals surface area contributed by atoms with E-state index in [1.807, 2.05) is 24.3 Å². The van der Waals surface area contributed by atoms with E-state index >= 15 is 0 Å². The summed E-state index contributed by atoms with van der Waals surface area (Å²) in [5.74, 6) is 0.665. The lowest BCUT2D eigenvalue weighted by atomic mass is 10.0. The highest BCUT2D eigenvalue weighted by Crippen LogP contribution is 2.34. The molecule has 0 aliphatic carbocycles. The molecule has 0 spiro atoms. The molecule has 1 aliphatic rings. The van der Waals surface area contributed by atoms with E-state index < -0.39 is 11.7 Å². The van der Waals surface area contributed by atoms with Crippen LogP contribution in [0.1, 0.15) is 27.2 Å². The molecule has 0 fully saturated rings. The number of anilines is 1. The lowest BCUT2D eigenvalue weighted by Gasteiger charge is -2.34. The summed E-state index contributed by atoms with van der Waals surface area (Å²) in [7, 11) is 0. The van der Waals surface area contributed by atoms with Crippen molar-refractivity contribution in [2.24, 2.45) is 0 Å². The minimum Gasteiger partial charge on any atom is -0.479 e. The molecule has 0 aromatic heterocycles. The summed E-state index contributed by atoms with van der Waals surface area (Å²) in [5.41, 5.74) is 0.00128. The van der Waals surface area contributed by atoms with Gasteiger partial charge in [0.1, 0.15) is 5.75 Å². The van der Waals surface area contributed by atoms with Gasteiger partial charge in [0.05, 0.1) is 11.3 Å². The van der Waals surface area contributed by atoms with Crippen LogP contribution in [0, 0.1) is 0 Å². The molecule has 18 heavy (non-hydrogen) atoms. The molecule has 4 nitrogen and oxygen atoms in total. The maximum Gasteiger partial charge on any atom is 0.267 e. The number of para-hydroxylation sites is 2. The van der Waals surface area contributed by atoms with Crippen molar-refractivity contribution in [3.05, 3.63) is 24.3 Å². The molecular weight excluding hydrogens is 230 g/mol. The Morgan fingerprint density at radius 1 is 1.39 bits per heavy atom. The average molecular weight is 249 g/mol. The van der Waals surface area contributed by atoms with Gasteiger partial charge in [-0.3, -0.25) is 4.79 Å². The Kier molecular flexibility index (Phi) is 3.30. The molecule has 1 atom stereocenters. The van der Waals surface area contributed by atoms with Gasteiger partial charge in [0.15, 0.2) is 6.10 Å². The molecule has 0 saturated heterocycles. The standard InChI is InChI=1S/C14H19NO3/c1-10-13(16)15(9-8-14(2,3)17)11-6-4-5-7-12(11)18-10/h4-7,10,17H,8-9H2,1-3H3. The van der Waals surface area contributed by atoms with Gasteiger partial charge in [-0.15, -0.1) is 0 Å². The molecule has 1 N–H and O–H groups in total. The van der Waals surface area contributed by atoms with Crippen LogP contribution in [0.15, 0.2) is 24.3 Å². The van der Waals surface area contributed by atoms with Crippen LogP contribution in [0.5, 0.6) is 5.75 Å². The largest absolute Gasteiger partial charge is 0.479 e. The fraction of sp³-hybridized carbons (Fsp3) is 0.500. The first kappa shape index (κ1) is 12.9. The van der Waals surface area contributed by atoms with Gasteiger partial charge < -0.3 is 14.7 Å². The van der Waals surface area contributed by atoms with Gasteiger partial charge in [-0.05, 0) is 39.3 Å². The highest BCUT2D eigenvalue weighted by atomic mass is 16.5. The Balaban J connectivity index is 2.25. The van der Waals surface area contributed by atoms with E-state index in [1.54, 1.807) is 25.7 Å². The van der Waals surface area contributed by atoms with E-state index in [4.69, 9.17) is 4.74 Å². The second-order valence-electron chi connectivity index (χ2n) is 5.28. The molecule has 0 bridgehead atoms. The Labute approximate surface area is 107 Å². The maximum absolute atomic E-state index is 12.1. The number of aliphatic hydroxyl groups is 1. The molecule has 1 amide bonds. The van der Waals surface area contributed by atoms with Crippen molar-refractivity contribution in [3.63, 3.8) is 0 Å². The molecule has 0 saturated carbocycles. The molecule has 0 radical (unpaired) electrons. The van der Waals surface area contributed by atoms with E-state index in [0.717, 1.165) is 11.4 Å². The number of nitrogens with zero attached hydrogens (tertiary/aromatic N) is 1. The number of hydrogen-bond donors (Lipinski definition) is 1. The first-order chi connectivity index (χ1) is 8.38. The summed E-state index contributed by atoms with van der Waals surface area (Å²) in [5, 5.41) is 9.78. The number of ether oxygens (including phenoxy) is 1. The minimum atomic E-state index is -0.781.